The number of piperidine rings is 1. The molecule has 4 heterocycles. The largest absolute Gasteiger partial charge is 0.394 e. The number of likely N-dealkylation sites (tertiary alicyclic amines) is 1. The maximum atomic E-state index is 14.1. The summed E-state index contributed by atoms with van der Waals surface area (Å²) in [6.45, 7) is -0.848. The lowest BCUT2D eigenvalue weighted by molar-refractivity contribution is -0.303. The lowest BCUT2D eigenvalue weighted by atomic mass is 9.72. The van der Waals surface area contributed by atoms with Crippen LogP contribution in [0.5, 0.6) is 0 Å². The summed E-state index contributed by atoms with van der Waals surface area (Å²) in [5.74, 6) is -0.728. The number of aliphatic hydroxyl groups excluding tert-OH is 12. The van der Waals surface area contributed by atoms with Crippen molar-refractivity contribution in [2.75, 3.05) is 72.4 Å². The predicted molar refractivity (Wildman–Crippen MR) is 234 cm³/mol. The molecule has 3 amide bonds. The van der Waals surface area contributed by atoms with Crippen LogP contribution in [0.3, 0.4) is 0 Å². The summed E-state index contributed by atoms with van der Waals surface area (Å²) in [7, 11) is 0. The number of nitrogens with zero attached hydrogens (tertiary/aromatic N) is 2. The van der Waals surface area contributed by atoms with Gasteiger partial charge >= 0.3 is 0 Å². The van der Waals surface area contributed by atoms with Crippen molar-refractivity contribution in [3.8, 4) is 0 Å². The molecule has 69 heavy (non-hydrogen) atoms. The van der Waals surface area contributed by atoms with Gasteiger partial charge in [0.25, 0.3) is 0 Å². The normalized spacial score (nSPS) is 33.8. The molecule has 4 aliphatic rings. The Morgan fingerprint density at radius 2 is 1.03 bits per heavy atom. The standard InChI is InChI=1S/C44H77N3O22/c1-2-25(51)7-5-3-4-6-8-30(53)46-14-11-44(12-15-46,21-29(52)45-13-18-64-41-38(61)35(58)32(55)26(22-48)67-41)10-9-31(54)47(16-19-65-42-39(62)36(59)33(56)27(23-49)68-42)17-20-66-43-40(63)37(60)34(57)28(24-50)69-43/h26-28,32-43,48-50,55-63H,2-24H2,1H3,(H,45,52)/t26-,27-,28-,32-,33-,34-,35+,36+,37+,38-,39+,40+,41-,42+,43+/m1/s1. The Morgan fingerprint density at radius 1 is 0.594 bits per heavy atom. The lowest BCUT2D eigenvalue weighted by Crippen LogP contribution is -2.59. The number of ketones is 1. The summed E-state index contributed by atoms with van der Waals surface area (Å²) < 4.78 is 33.0. The van der Waals surface area contributed by atoms with E-state index in [2.05, 4.69) is 5.32 Å². The number of carbonyl (C=O) groups excluding carboxylic acids is 4. The van der Waals surface area contributed by atoms with Crippen molar-refractivity contribution < 1.29 is 109 Å². The molecular weight excluding hydrogens is 922 g/mol. The highest BCUT2D eigenvalue weighted by Crippen LogP contribution is 2.40. The van der Waals surface area contributed by atoms with Crippen LogP contribution in [0.4, 0.5) is 0 Å². The van der Waals surface area contributed by atoms with Gasteiger partial charge in [0.1, 0.15) is 79.0 Å². The number of hydrogen-bond donors (Lipinski definition) is 13. The van der Waals surface area contributed by atoms with Crippen molar-refractivity contribution in [3.63, 3.8) is 0 Å². The van der Waals surface area contributed by atoms with Crippen LogP contribution in [0.2, 0.25) is 0 Å². The number of amides is 3. The van der Waals surface area contributed by atoms with Crippen molar-refractivity contribution >= 4 is 23.5 Å². The van der Waals surface area contributed by atoms with Crippen LogP contribution in [0.15, 0.2) is 0 Å². The van der Waals surface area contributed by atoms with Gasteiger partial charge in [-0.3, -0.25) is 19.2 Å². The maximum absolute atomic E-state index is 14.1. The van der Waals surface area contributed by atoms with E-state index < -0.39 is 129 Å². The van der Waals surface area contributed by atoms with Crippen LogP contribution in [-0.2, 0) is 47.6 Å². The molecule has 0 spiro atoms. The van der Waals surface area contributed by atoms with E-state index in [1.807, 2.05) is 6.92 Å². The molecule has 25 heteroatoms. The van der Waals surface area contributed by atoms with E-state index in [0.717, 1.165) is 19.3 Å². The Kier molecular flexibility index (Phi) is 24.9. The maximum Gasteiger partial charge on any atom is 0.222 e. The fourth-order valence-corrected chi connectivity index (χ4v) is 8.87. The molecule has 13 N–H and O–H groups in total. The van der Waals surface area contributed by atoms with Crippen LogP contribution in [0, 0.1) is 5.41 Å². The molecule has 0 aromatic carbocycles. The van der Waals surface area contributed by atoms with Gasteiger partial charge in [-0.2, -0.15) is 0 Å². The van der Waals surface area contributed by atoms with Gasteiger partial charge in [0.05, 0.1) is 39.6 Å². The molecule has 4 fully saturated rings. The van der Waals surface area contributed by atoms with E-state index >= 15 is 0 Å². The first-order chi connectivity index (χ1) is 32.9. The minimum atomic E-state index is -1.72. The van der Waals surface area contributed by atoms with Gasteiger partial charge in [0, 0.05) is 64.8 Å². The van der Waals surface area contributed by atoms with Gasteiger partial charge < -0.3 is 105 Å². The molecule has 25 nitrogen and oxygen atoms in total. The average Bonchev–Trinajstić information content (AvgIpc) is 3.34. The van der Waals surface area contributed by atoms with E-state index in [0.29, 0.717) is 51.6 Å². The van der Waals surface area contributed by atoms with Crippen LogP contribution >= 0.6 is 0 Å². The minimum Gasteiger partial charge on any atom is -0.394 e. The SMILES string of the molecule is CCC(=O)CCCCCCC(=O)N1CCC(CCC(=O)N(CCO[C@H]2O[C@H](CO)[C@@H](O)[C@H](O)[C@@H]2O)CCO[C@H]2O[C@H](CO)[C@@H](O)[C@H](O)[C@@H]2O)(CC(=O)NCCO[C@@H]2O[C@H](CO)[C@@H](O)[C@H](O)[C@H]2O)CC1. The van der Waals surface area contributed by atoms with Crippen molar-refractivity contribution in [1.29, 1.82) is 0 Å². The van der Waals surface area contributed by atoms with Crippen LogP contribution in [-0.4, -0.2) is 259 Å². The summed E-state index contributed by atoms with van der Waals surface area (Å²) >= 11 is 0. The van der Waals surface area contributed by atoms with Crippen LogP contribution in [0.25, 0.3) is 0 Å². The lowest BCUT2D eigenvalue weighted by Gasteiger charge is -2.42. The predicted octanol–water partition coefficient (Wildman–Crippen LogP) is -5.52. The number of unbranched alkanes of at least 4 members (excludes halogenated alkanes) is 3. The molecule has 4 aliphatic heterocycles. The molecule has 0 radical (unpaired) electrons. The number of nitrogens with one attached hydrogen (secondary N) is 1. The van der Waals surface area contributed by atoms with Gasteiger partial charge in [-0.25, -0.2) is 0 Å². The number of ether oxygens (including phenoxy) is 6. The van der Waals surface area contributed by atoms with Gasteiger partial charge in [-0.15, -0.1) is 0 Å². The Labute approximate surface area is 400 Å². The number of aliphatic hydroxyl groups is 12. The third-order valence-corrected chi connectivity index (χ3v) is 13.5. The monoisotopic (exact) mass is 999 g/mol. The second kappa shape index (κ2) is 29.2. The smallest absolute Gasteiger partial charge is 0.222 e. The topological polar surface area (TPSA) is 385 Å². The number of carbonyl (C=O) groups is 4. The van der Waals surface area contributed by atoms with Crippen molar-refractivity contribution in [3.05, 3.63) is 0 Å². The molecular formula is C44H77N3O22. The second-order valence-electron chi connectivity index (χ2n) is 18.3. The summed E-state index contributed by atoms with van der Waals surface area (Å²) in [5.41, 5.74) is -0.800. The fraction of sp³-hybridized carbons (Fsp3) is 0.909. The number of Topliss-reactive ketones (excluding diaryl/α,β-unsaturated/α-hetero) is 1. The van der Waals surface area contributed by atoms with E-state index in [1.54, 1.807) is 4.90 Å². The highest BCUT2D eigenvalue weighted by Gasteiger charge is 2.47. The van der Waals surface area contributed by atoms with Crippen LogP contribution in [0.1, 0.15) is 84.0 Å². The highest BCUT2D eigenvalue weighted by atomic mass is 16.7. The third kappa shape index (κ3) is 17.0. The van der Waals surface area contributed by atoms with E-state index in [9.17, 15) is 80.5 Å². The van der Waals surface area contributed by atoms with Gasteiger partial charge in [0.2, 0.25) is 17.7 Å². The molecule has 4 saturated heterocycles. The zero-order chi connectivity index (χ0) is 50.8. The fourth-order valence-electron chi connectivity index (χ4n) is 8.87. The molecule has 4 rings (SSSR count). The van der Waals surface area contributed by atoms with Gasteiger partial charge in [0.15, 0.2) is 18.9 Å². The van der Waals surface area contributed by atoms with Crippen LogP contribution < -0.4 is 5.32 Å². The van der Waals surface area contributed by atoms with E-state index in [1.165, 1.54) is 4.90 Å². The van der Waals surface area contributed by atoms with Crippen molar-refractivity contribution in [2.24, 2.45) is 5.41 Å². The summed E-state index contributed by atoms with van der Waals surface area (Å²) in [6.07, 6.45) is -18.1. The number of hydrogen-bond acceptors (Lipinski definition) is 22. The van der Waals surface area contributed by atoms with Gasteiger partial charge in [-0.1, -0.05) is 19.8 Å². The third-order valence-electron chi connectivity index (χ3n) is 13.5. The van der Waals surface area contributed by atoms with Gasteiger partial charge in [-0.05, 0) is 37.5 Å². The second-order valence-corrected chi connectivity index (χ2v) is 18.3. The molecule has 0 aromatic heterocycles. The summed E-state index contributed by atoms with van der Waals surface area (Å²) in [5, 5.41) is 124. The molecule has 0 saturated carbocycles. The molecule has 400 valence electrons. The Morgan fingerprint density at radius 3 is 1.46 bits per heavy atom. The molecule has 0 aromatic rings. The Balaban J connectivity index is 1.42. The first kappa shape index (κ1) is 58.9. The minimum absolute atomic E-state index is 0.0518. The van der Waals surface area contributed by atoms with E-state index in [-0.39, 0.29) is 70.4 Å². The Bertz CT molecular complexity index is 1510. The molecule has 0 unspecified atom stereocenters. The molecule has 15 atom stereocenters. The van der Waals surface area contributed by atoms with E-state index in [4.69, 9.17) is 28.4 Å². The zero-order valence-electron chi connectivity index (χ0n) is 39.3. The van der Waals surface area contributed by atoms with Crippen molar-refractivity contribution in [1.82, 2.24) is 15.1 Å². The first-order valence-corrected chi connectivity index (χ1v) is 24.0. The molecule has 0 bridgehead atoms. The molecule has 0 aliphatic carbocycles. The summed E-state index contributed by atoms with van der Waals surface area (Å²) in [6, 6.07) is 0. The number of rotatable bonds is 28. The summed E-state index contributed by atoms with van der Waals surface area (Å²) in [4.78, 5) is 55.7. The first-order valence-electron chi connectivity index (χ1n) is 24.0. The highest BCUT2D eigenvalue weighted by molar-refractivity contribution is 5.79. The zero-order valence-corrected chi connectivity index (χ0v) is 39.3. The van der Waals surface area contributed by atoms with Crippen molar-refractivity contribution in [2.45, 2.75) is 176 Å². The quantitative estimate of drug-likeness (QED) is 0.0325. The Hall–Kier alpha value is -2.64. The average molecular weight is 1000 g/mol.